The van der Waals surface area contributed by atoms with Gasteiger partial charge in [-0.2, -0.15) is 0 Å². The molecule has 1 unspecified atom stereocenters. The first-order valence-electron chi connectivity index (χ1n) is 11.8. The van der Waals surface area contributed by atoms with Crippen molar-refractivity contribution in [2.45, 2.75) is 52.2 Å². The third kappa shape index (κ3) is 8.35. The van der Waals surface area contributed by atoms with Crippen molar-refractivity contribution in [3.05, 3.63) is 65.2 Å². The number of carbonyl (C=O) groups excluding carboxylic acids is 2. The van der Waals surface area contributed by atoms with E-state index < -0.39 is 33.9 Å². The predicted octanol–water partition coefficient (Wildman–Crippen LogP) is 2.14. The molecule has 0 heterocycles. The number of amidine groups is 1. The van der Waals surface area contributed by atoms with Gasteiger partial charge in [0.05, 0.1) is 5.75 Å². The SMILES string of the molecule is CCCS(=O)(=O)N[C@@H](C(=O)N[C@H](C(=O)NCc1ccc(C(=N)N)cc1)c1ccc(O)cc1)C(C)CC.[HH]. The zero-order chi connectivity index (χ0) is 26.9. The molecule has 7 N–H and O–H groups in total. The topological polar surface area (TPSA) is 174 Å². The fourth-order valence-corrected chi connectivity index (χ4v) is 4.86. The Morgan fingerprint density at radius 2 is 1.67 bits per heavy atom. The van der Waals surface area contributed by atoms with Gasteiger partial charge in [-0.3, -0.25) is 15.0 Å². The number of amides is 2. The van der Waals surface area contributed by atoms with Gasteiger partial charge in [0.2, 0.25) is 21.8 Å². The fraction of sp³-hybridized carbons (Fsp3) is 0.400. The van der Waals surface area contributed by atoms with Crippen LogP contribution in [0.3, 0.4) is 0 Å². The van der Waals surface area contributed by atoms with Gasteiger partial charge in [-0.1, -0.05) is 63.6 Å². The maximum absolute atomic E-state index is 13.3. The van der Waals surface area contributed by atoms with E-state index in [1.807, 2.05) is 6.92 Å². The minimum atomic E-state index is -3.68. The predicted molar refractivity (Wildman–Crippen MR) is 141 cm³/mol. The van der Waals surface area contributed by atoms with Gasteiger partial charge < -0.3 is 21.5 Å². The number of nitrogens with one attached hydrogen (secondary N) is 4. The number of sulfonamides is 1. The lowest BCUT2D eigenvalue weighted by atomic mass is 9.98. The van der Waals surface area contributed by atoms with Crippen LogP contribution in [0.2, 0.25) is 0 Å². The van der Waals surface area contributed by atoms with Gasteiger partial charge in [-0.25, -0.2) is 13.1 Å². The molecule has 0 aromatic heterocycles. The number of nitrogens with two attached hydrogens (primary N) is 1. The van der Waals surface area contributed by atoms with Gasteiger partial charge in [-0.05, 0) is 35.6 Å². The zero-order valence-electron chi connectivity index (χ0n) is 20.7. The van der Waals surface area contributed by atoms with Crippen molar-refractivity contribution < 1.29 is 24.5 Å². The Kier molecular flexibility index (Phi) is 10.4. The second kappa shape index (κ2) is 13.0. The molecule has 0 aliphatic carbocycles. The number of hydrogen-bond acceptors (Lipinski definition) is 6. The van der Waals surface area contributed by atoms with Crippen LogP contribution < -0.4 is 21.1 Å². The van der Waals surface area contributed by atoms with Crippen LogP contribution in [0, 0.1) is 11.3 Å². The van der Waals surface area contributed by atoms with E-state index in [-0.39, 0.29) is 31.2 Å². The average molecular weight is 520 g/mol. The number of phenols is 1. The number of rotatable bonds is 13. The number of aromatic hydroxyl groups is 1. The Balaban J connectivity index is 0.00000684. The van der Waals surface area contributed by atoms with Crippen LogP contribution in [0.15, 0.2) is 48.5 Å². The van der Waals surface area contributed by atoms with E-state index in [9.17, 15) is 23.1 Å². The molecular formula is C25H37N5O5S. The van der Waals surface area contributed by atoms with E-state index in [2.05, 4.69) is 15.4 Å². The fourth-order valence-electron chi connectivity index (χ4n) is 3.48. The van der Waals surface area contributed by atoms with E-state index in [0.717, 1.165) is 5.56 Å². The molecular weight excluding hydrogens is 482 g/mol. The molecule has 2 aromatic carbocycles. The van der Waals surface area contributed by atoms with E-state index in [4.69, 9.17) is 11.1 Å². The van der Waals surface area contributed by atoms with E-state index in [1.54, 1.807) is 38.1 Å². The molecule has 198 valence electrons. The van der Waals surface area contributed by atoms with Crippen LogP contribution in [0.1, 0.15) is 57.8 Å². The molecule has 0 spiro atoms. The van der Waals surface area contributed by atoms with Crippen molar-refractivity contribution in [2.75, 3.05) is 5.75 Å². The number of nitrogen functional groups attached to an aromatic ring is 1. The molecule has 0 aliphatic heterocycles. The summed E-state index contributed by atoms with van der Waals surface area (Å²) in [6.45, 7) is 5.50. The Morgan fingerprint density at radius 3 is 2.19 bits per heavy atom. The molecule has 10 nitrogen and oxygen atoms in total. The lowest BCUT2D eigenvalue weighted by Gasteiger charge is -2.26. The summed E-state index contributed by atoms with van der Waals surface area (Å²) in [5.41, 5.74) is 7.21. The summed E-state index contributed by atoms with van der Waals surface area (Å²) in [5.74, 6) is -1.63. The van der Waals surface area contributed by atoms with Crippen molar-refractivity contribution in [3.63, 3.8) is 0 Å². The summed E-state index contributed by atoms with van der Waals surface area (Å²) in [7, 11) is -3.68. The quantitative estimate of drug-likeness (QED) is 0.175. The zero-order valence-corrected chi connectivity index (χ0v) is 21.6. The summed E-state index contributed by atoms with van der Waals surface area (Å²) in [6, 6.07) is 10.4. The molecule has 0 aliphatic rings. The highest BCUT2D eigenvalue weighted by Crippen LogP contribution is 2.19. The molecule has 11 heteroatoms. The monoisotopic (exact) mass is 519 g/mol. The number of benzene rings is 2. The largest absolute Gasteiger partial charge is 0.508 e. The van der Waals surface area contributed by atoms with Crippen LogP contribution in [0.5, 0.6) is 5.75 Å². The molecule has 3 atom stereocenters. The Morgan fingerprint density at radius 1 is 1.06 bits per heavy atom. The van der Waals surface area contributed by atoms with Crippen LogP contribution in [-0.2, 0) is 26.2 Å². The van der Waals surface area contributed by atoms with Crippen molar-refractivity contribution in [1.29, 1.82) is 5.41 Å². The van der Waals surface area contributed by atoms with E-state index in [1.165, 1.54) is 24.3 Å². The standard InChI is InChI=1S/C25H35N5O5S.H2/c1-4-14-36(34,35)30-21(16(3)5-2)25(33)29-22(18-10-12-20(31)13-11-18)24(32)28-15-17-6-8-19(9-7-17)23(26)27;/h6-13,16,21-22,30-31H,4-5,14-15H2,1-3H3,(H3,26,27)(H,28,32)(H,29,33);1H/t16?,21-,22+;/m1./s1. The molecule has 0 radical (unpaired) electrons. The van der Waals surface area contributed by atoms with Crippen molar-refractivity contribution in [1.82, 2.24) is 15.4 Å². The van der Waals surface area contributed by atoms with Gasteiger partial charge in [0.25, 0.3) is 0 Å². The molecule has 2 rings (SSSR count). The summed E-state index contributed by atoms with van der Waals surface area (Å²) in [6.07, 6.45) is 0.940. The summed E-state index contributed by atoms with van der Waals surface area (Å²) < 4.78 is 27.3. The molecule has 0 saturated heterocycles. The summed E-state index contributed by atoms with van der Waals surface area (Å²) in [4.78, 5) is 26.4. The van der Waals surface area contributed by atoms with Crippen molar-refractivity contribution in [2.24, 2.45) is 11.7 Å². The molecule has 36 heavy (non-hydrogen) atoms. The Bertz CT molecular complexity index is 1160. The number of hydrogen-bond donors (Lipinski definition) is 6. The summed E-state index contributed by atoms with van der Waals surface area (Å²) in [5, 5.41) is 22.6. The first kappa shape index (κ1) is 28.8. The average Bonchev–Trinajstić information content (AvgIpc) is 2.84. The molecule has 0 saturated carbocycles. The molecule has 2 aromatic rings. The van der Waals surface area contributed by atoms with Crippen molar-refractivity contribution >= 4 is 27.7 Å². The number of phenolic OH excluding ortho intramolecular Hbond substituents is 1. The van der Waals surface area contributed by atoms with Crippen LogP contribution in [0.25, 0.3) is 0 Å². The third-order valence-corrected chi connectivity index (χ3v) is 7.34. The lowest BCUT2D eigenvalue weighted by Crippen LogP contribution is -2.53. The third-order valence-electron chi connectivity index (χ3n) is 5.78. The summed E-state index contributed by atoms with van der Waals surface area (Å²) >= 11 is 0. The minimum Gasteiger partial charge on any atom is -0.508 e. The highest BCUT2D eigenvalue weighted by atomic mass is 32.2. The maximum Gasteiger partial charge on any atom is 0.247 e. The highest BCUT2D eigenvalue weighted by Gasteiger charge is 2.32. The Labute approximate surface area is 213 Å². The first-order valence-corrected chi connectivity index (χ1v) is 13.4. The minimum absolute atomic E-state index is 0. The Hall–Kier alpha value is -3.44. The van der Waals surface area contributed by atoms with Gasteiger partial charge in [0.1, 0.15) is 23.7 Å². The van der Waals surface area contributed by atoms with E-state index in [0.29, 0.717) is 24.0 Å². The molecule has 0 bridgehead atoms. The van der Waals surface area contributed by atoms with Crippen LogP contribution in [-0.4, -0.2) is 43.0 Å². The van der Waals surface area contributed by atoms with Gasteiger partial charge in [0, 0.05) is 13.5 Å². The van der Waals surface area contributed by atoms with E-state index >= 15 is 0 Å². The van der Waals surface area contributed by atoms with Gasteiger partial charge in [0.15, 0.2) is 0 Å². The molecule has 2 amide bonds. The maximum atomic E-state index is 13.3. The second-order valence-electron chi connectivity index (χ2n) is 8.66. The normalized spacial score (nSPS) is 13.9. The van der Waals surface area contributed by atoms with Gasteiger partial charge in [-0.15, -0.1) is 0 Å². The highest BCUT2D eigenvalue weighted by molar-refractivity contribution is 7.89. The lowest BCUT2D eigenvalue weighted by molar-refractivity contribution is -0.130. The molecule has 0 fully saturated rings. The van der Waals surface area contributed by atoms with Crippen LogP contribution in [0.4, 0.5) is 0 Å². The second-order valence-corrected chi connectivity index (χ2v) is 10.5. The van der Waals surface area contributed by atoms with Crippen molar-refractivity contribution in [3.8, 4) is 5.75 Å². The van der Waals surface area contributed by atoms with Crippen LogP contribution >= 0.6 is 0 Å². The van der Waals surface area contributed by atoms with Gasteiger partial charge >= 0.3 is 0 Å². The number of carbonyl (C=O) groups is 2. The first-order chi connectivity index (χ1) is 17.0. The smallest absolute Gasteiger partial charge is 0.247 e.